The molecule has 2 rings (SSSR count). The van der Waals surface area contributed by atoms with Gasteiger partial charge in [-0.15, -0.1) is 0 Å². The van der Waals surface area contributed by atoms with Crippen LogP contribution in [-0.2, 0) is 16.0 Å². The van der Waals surface area contributed by atoms with Gasteiger partial charge in [0.15, 0.2) is 0 Å². The number of primary amides is 1. The van der Waals surface area contributed by atoms with Crippen molar-refractivity contribution >= 4 is 17.8 Å². The number of carbonyl (C=O) groups is 3. The van der Waals surface area contributed by atoms with Crippen LogP contribution < -0.4 is 15.8 Å². The molecular formula is C14H17N3O4. The Morgan fingerprint density at radius 3 is 2.67 bits per heavy atom. The summed E-state index contributed by atoms with van der Waals surface area (Å²) < 4.78 is 5.24. The number of urea groups is 1. The molecule has 0 aliphatic carbocycles. The smallest absolute Gasteiger partial charge is 0.325 e. The van der Waals surface area contributed by atoms with E-state index in [2.05, 4.69) is 5.32 Å². The summed E-state index contributed by atoms with van der Waals surface area (Å²) in [5.74, 6) is -0.577. The molecule has 21 heavy (non-hydrogen) atoms. The highest BCUT2D eigenvalue weighted by Crippen LogP contribution is 2.27. The maximum atomic E-state index is 12.4. The number of hydrogen-bond donors (Lipinski definition) is 2. The van der Waals surface area contributed by atoms with Crippen molar-refractivity contribution in [2.45, 2.75) is 18.9 Å². The Bertz CT molecular complexity index is 602. The van der Waals surface area contributed by atoms with E-state index >= 15 is 0 Å². The third-order valence-electron chi connectivity index (χ3n) is 3.40. The predicted molar refractivity (Wildman–Crippen MR) is 74.5 cm³/mol. The molecule has 7 heteroatoms. The maximum Gasteiger partial charge on any atom is 0.325 e. The minimum atomic E-state index is -1.12. The van der Waals surface area contributed by atoms with Crippen molar-refractivity contribution in [3.8, 4) is 5.75 Å². The van der Waals surface area contributed by atoms with E-state index in [0.717, 1.165) is 10.5 Å². The van der Waals surface area contributed by atoms with Gasteiger partial charge in [-0.2, -0.15) is 0 Å². The Labute approximate surface area is 122 Å². The molecule has 1 fully saturated rings. The topological polar surface area (TPSA) is 102 Å². The van der Waals surface area contributed by atoms with E-state index in [1.807, 2.05) is 18.2 Å². The second kappa shape index (κ2) is 5.43. The summed E-state index contributed by atoms with van der Waals surface area (Å²) in [5.41, 5.74) is 4.72. The molecule has 0 aromatic heterocycles. The molecule has 1 saturated heterocycles. The lowest BCUT2D eigenvalue weighted by atomic mass is 9.92. The first-order valence-corrected chi connectivity index (χ1v) is 6.41. The fraction of sp³-hybridized carbons (Fsp3) is 0.357. The Kier molecular flexibility index (Phi) is 3.84. The SMILES string of the molecule is COc1ccccc1C[C@@]1(C)NC(=O)N(CC(N)=O)C1=O. The molecule has 3 N–H and O–H groups in total. The summed E-state index contributed by atoms with van der Waals surface area (Å²) in [6.45, 7) is 1.19. The zero-order chi connectivity index (χ0) is 15.6. The molecule has 112 valence electrons. The number of methoxy groups -OCH3 is 1. The average molecular weight is 291 g/mol. The van der Waals surface area contributed by atoms with Crippen molar-refractivity contribution in [2.75, 3.05) is 13.7 Å². The van der Waals surface area contributed by atoms with Crippen LogP contribution in [0.3, 0.4) is 0 Å². The predicted octanol–water partition coefficient (Wildman–Crippen LogP) is 0.0335. The van der Waals surface area contributed by atoms with Crippen molar-refractivity contribution in [3.63, 3.8) is 0 Å². The Morgan fingerprint density at radius 1 is 1.38 bits per heavy atom. The summed E-state index contributed by atoms with van der Waals surface area (Å²) in [6, 6.07) is 6.63. The second-order valence-electron chi connectivity index (χ2n) is 5.11. The Morgan fingerprint density at radius 2 is 2.05 bits per heavy atom. The average Bonchev–Trinajstić information content (AvgIpc) is 2.62. The first-order valence-electron chi connectivity index (χ1n) is 6.41. The van der Waals surface area contributed by atoms with Crippen molar-refractivity contribution in [1.82, 2.24) is 10.2 Å². The first-order chi connectivity index (χ1) is 9.87. The van der Waals surface area contributed by atoms with Gasteiger partial charge in [0.25, 0.3) is 5.91 Å². The van der Waals surface area contributed by atoms with Crippen molar-refractivity contribution in [1.29, 1.82) is 0 Å². The Balaban J connectivity index is 2.25. The van der Waals surface area contributed by atoms with Crippen molar-refractivity contribution < 1.29 is 19.1 Å². The highest BCUT2D eigenvalue weighted by atomic mass is 16.5. The van der Waals surface area contributed by atoms with Crippen molar-refractivity contribution in [3.05, 3.63) is 29.8 Å². The van der Waals surface area contributed by atoms with Gasteiger partial charge < -0.3 is 15.8 Å². The van der Waals surface area contributed by atoms with Gasteiger partial charge in [-0.25, -0.2) is 4.79 Å². The number of ether oxygens (including phenoxy) is 1. The van der Waals surface area contributed by atoms with Crippen molar-refractivity contribution in [2.24, 2.45) is 5.73 Å². The number of carbonyl (C=O) groups excluding carboxylic acids is 3. The van der Waals surface area contributed by atoms with E-state index in [-0.39, 0.29) is 6.42 Å². The summed E-state index contributed by atoms with van der Waals surface area (Å²) in [7, 11) is 1.54. The highest BCUT2D eigenvalue weighted by Gasteiger charge is 2.48. The van der Waals surface area contributed by atoms with Gasteiger partial charge in [-0.1, -0.05) is 18.2 Å². The largest absolute Gasteiger partial charge is 0.496 e. The Hall–Kier alpha value is -2.57. The standard InChI is InChI=1S/C14H17N3O4/c1-14(7-9-5-3-4-6-10(9)21-2)12(19)17(8-11(15)18)13(20)16-14/h3-6H,7-8H2,1-2H3,(H2,15,18)(H,16,20)/t14-/m1/s1. The number of benzene rings is 1. The number of nitrogens with one attached hydrogen (secondary N) is 1. The number of para-hydroxylation sites is 1. The van der Waals surface area contributed by atoms with Gasteiger partial charge in [0.05, 0.1) is 7.11 Å². The minimum Gasteiger partial charge on any atom is -0.496 e. The zero-order valence-electron chi connectivity index (χ0n) is 11.9. The first kappa shape index (κ1) is 14.8. The number of amides is 4. The summed E-state index contributed by atoms with van der Waals surface area (Å²) in [6.07, 6.45) is 0.261. The van der Waals surface area contributed by atoms with E-state index in [4.69, 9.17) is 10.5 Å². The van der Waals surface area contributed by atoms with Crippen LogP contribution in [0.4, 0.5) is 4.79 Å². The van der Waals surface area contributed by atoms with Gasteiger partial charge >= 0.3 is 6.03 Å². The summed E-state index contributed by atoms with van der Waals surface area (Å²) >= 11 is 0. The minimum absolute atomic E-state index is 0.261. The van der Waals surface area contributed by atoms with Crippen LogP contribution in [0.15, 0.2) is 24.3 Å². The number of hydrogen-bond acceptors (Lipinski definition) is 4. The van der Waals surface area contributed by atoms with E-state index in [0.29, 0.717) is 5.75 Å². The molecule has 4 amide bonds. The van der Waals surface area contributed by atoms with Crippen LogP contribution in [0.1, 0.15) is 12.5 Å². The fourth-order valence-electron chi connectivity index (χ4n) is 2.40. The molecular weight excluding hydrogens is 274 g/mol. The van der Waals surface area contributed by atoms with Gasteiger partial charge in [0, 0.05) is 6.42 Å². The second-order valence-corrected chi connectivity index (χ2v) is 5.11. The molecule has 0 saturated carbocycles. The number of imide groups is 1. The number of nitrogens with two attached hydrogens (primary N) is 1. The highest BCUT2D eigenvalue weighted by molar-refractivity contribution is 6.08. The lowest BCUT2D eigenvalue weighted by Crippen LogP contribution is -2.46. The molecule has 0 bridgehead atoms. The molecule has 0 radical (unpaired) electrons. The lowest BCUT2D eigenvalue weighted by molar-refractivity contribution is -0.133. The quantitative estimate of drug-likeness (QED) is 0.747. The molecule has 0 unspecified atom stereocenters. The molecule has 7 nitrogen and oxygen atoms in total. The number of nitrogens with zero attached hydrogens (tertiary/aromatic N) is 1. The van der Waals surface area contributed by atoms with Crippen LogP contribution in [0.2, 0.25) is 0 Å². The molecule has 1 aromatic carbocycles. The normalized spacial score (nSPS) is 21.3. The van der Waals surface area contributed by atoms with Gasteiger partial charge in [-0.3, -0.25) is 14.5 Å². The monoisotopic (exact) mass is 291 g/mol. The third-order valence-corrected chi connectivity index (χ3v) is 3.40. The van der Waals surface area contributed by atoms with Crippen LogP contribution >= 0.6 is 0 Å². The molecule has 1 aliphatic heterocycles. The summed E-state index contributed by atoms with van der Waals surface area (Å²) in [4.78, 5) is 36.0. The number of rotatable bonds is 5. The molecule has 1 atom stereocenters. The molecule has 1 heterocycles. The van der Waals surface area contributed by atoms with E-state index in [9.17, 15) is 14.4 Å². The van der Waals surface area contributed by atoms with Gasteiger partial charge in [0.2, 0.25) is 5.91 Å². The van der Waals surface area contributed by atoms with Gasteiger partial charge in [0.1, 0.15) is 17.8 Å². The van der Waals surface area contributed by atoms with Crippen LogP contribution in [0.25, 0.3) is 0 Å². The van der Waals surface area contributed by atoms with Crippen LogP contribution in [0, 0.1) is 0 Å². The summed E-state index contributed by atoms with van der Waals surface area (Å²) in [5, 5.41) is 2.61. The van der Waals surface area contributed by atoms with E-state index in [1.165, 1.54) is 7.11 Å². The van der Waals surface area contributed by atoms with Gasteiger partial charge in [-0.05, 0) is 18.6 Å². The zero-order valence-corrected chi connectivity index (χ0v) is 11.9. The molecule has 0 spiro atoms. The van der Waals surface area contributed by atoms with Crippen LogP contribution in [0.5, 0.6) is 5.75 Å². The lowest BCUT2D eigenvalue weighted by Gasteiger charge is -2.22. The van der Waals surface area contributed by atoms with E-state index < -0.39 is 29.9 Å². The third kappa shape index (κ3) is 2.81. The molecule has 1 aromatic rings. The van der Waals surface area contributed by atoms with E-state index in [1.54, 1.807) is 13.0 Å². The maximum absolute atomic E-state index is 12.4. The fourth-order valence-corrected chi connectivity index (χ4v) is 2.40. The van der Waals surface area contributed by atoms with Crippen LogP contribution in [-0.4, -0.2) is 41.9 Å². The molecule has 1 aliphatic rings.